The van der Waals surface area contributed by atoms with Crippen molar-refractivity contribution in [2.45, 2.75) is 30.7 Å². The maximum absolute atomic E-state index is 13.0. The van der Waals surface area contributed by atoms with E-state index >= 15 is 0 Å². The predicted molar refractivity (Wildman–Crippen MR) is 103 cm³/mol. The van der Waals surface area contributed by atoms with Crippen LogP contribution in [0, 0.1) is 17.8 Å². The Labute approximate surface area is 166 Å². The highest BCUT2D eigenvalue weighted by atomic mass is 32.2. The van der Waals surface area contributed by atoms with E-state index in [2.05, 4.69) is 10.3 Å². The molecule has 8 nitrogen and oxygen atoms in total. The summed E-state index contributed by atoms with van der Waals surface area (Å²) in [6, 6.07) is 3.63. The summed E-state index contributed by atoms with van der Waals surface area (Å²) >= 11 is -1.14. The normalized spacial score (nSPS) is 25.3. The number of piperidine rings is 2. The van der Waals surface area contributed by atoms with Crippen LogP contribution in [-0.4, -0.2) is 55.3 Å². The SMILES string of the molecule is C[S+]([O-])c1cccn2c(C(C)(C)NC(=O)[C@@H]3[C@@H]4C[C@H]3CN(C(=O)O)C4)ncc12. The number of carbonyl (C=O) groups is 2. The molecule has 0 aromatic carbocycles. The van der Waals surface area contributed by atoms with Gasteiger partial charge in [0.2, 0.25) is 5.91 Å². The molecule has 0 spiro atoms. The van der Waals surface area contributed by atoms with Crippen LogP contribution in [0.4, 0.5) is 4.79 Å². The summed E-state index contributed by atoms with van der Waals surface area (Å²) in [5.41, 5.74) is 0.0338. The van der Waals surface area contributed by atoms with Gasteiger partial charge in [0.1, 0.15) is 17.6 Å². The third-order valence-electron chi connectivity index (χ3n) is 5.94. The molecule has 150 valence electrons. The number of carbonyl (C=O) groups excluding carboxylic acids is 1. The molecule has 28 heavy (non-hydrogen) atoms. The smallest absolute Gasteiger partial charge is 0.407 e. The largest absolute Gasteiger partial charge is 0.612 e. The first-order chi connectivity index (χ1) is 13.2. The third-order valence-corrected chi connectivity index (χ3v) is 6.91. The van der Waals surface area contributed by atoms with Crippen molar-refractivity contribution in [3.63, 3.8) is 0 Å². The van der Waals surface area contributed by atoms with Gasteiger partial charge in [-0.05, 0) is 55.4 Å². The van der Waals surface area contributed by atoms with Gasteiger partial charge < -0.3 is 19.9 Å². The topological polar surface area (TPSA) is 110 Å². The fourth-order valence-electron chi connectivity index (χ4n) is 4.62. The van der Waals surface area contributed by atoms with Crippen LogP contribution >= 0.6 is 0 Å². The zero-order valence-corrected chi connectivity index (χ0v) is 16.9. The monoisotopic (exact) mass is 404 g/mol. The molecule has 4 rings (SSSR count). The number of nitrogens with one attached hydrogen (secondary N) is 1. The van der Waals surface area contributed by atoms with E-state index in [0.717, 1.165) is 11.9 Å². The molecule has 9 heteroatoms. The first-order valence-corrected chi connectivity index (χ1v) is 10.8. The van der Waals surface area contributed by atoms with E-state index in [9.17, 15) is 14.1 Å². The second-order valence-corrected chi connectivity index (χ2v) is 9.60. The highest BCUT2D eigenvalue weighted by Crippen LogP contribution is 2.46. The summed E-state index contributed by atoms with van der Waals surface area (Å²) in [5, 5.41) is 12.3. The van der Waals surface area contributed by atoms with Crippen molar-refractivity contribution in [2.24, 2.45) is 17.8 Å². The maximum Gasteiger partial charge on any atom is 0.407 e. The summed E-state index contributed by atoms with van der Waals surface area (Å²) in [4.78, 5) is 30.8. The minimum atomic E-state index is -1.14. The van der Waals surface area contributed by atoms with Crippen molar-refractivity contribution in [2.75, 3.05) is 19.3 Å². The zero-order chi connectivity index (χ0) is 20.2. The number of nitrogens with zero attached hydrogens (tertiary/aromatic N) is 3. The summed E-state index contributed by atoms with van der Waals surface area (Å²) in [6.45, 7) is 4.63. The van der Waals surface area contributed by atoms with Gasteiger partial charge in [0.15, 0.2) is 4.90 Å². The minimum absolute atomic E-state index is 0.0525. The number of hydrogen-bond donors (Lipinski definition) is 2. The number of pyridine rings is 1. The van der Waals surface area contributed by atoms with Crippen LogP contribution in [-0.2, 0) is 21.5 Å². The van der Waals surface area contributed by atoms with Crippen LogP contribution in [0.5, 0.6) is 0 Å². The van der Waals surface area contributed by atoms with Gasteiger partial charge in [-0.2, -0.15) is 0 Å². The molecule has 0 radical (unpaired) electrons. The van der Waals surface area contributed by atoms with Gasteiger partial charge in [0.05, 0.1) is 11.7 Å². The van der Waals surface area contributed by atoms with E-state index in [1.807, 2.05) is 36.6 Å². The average molecular weight is 404 g/mol. The summed E-state index contributed by atoms with van der Waals surface area (Å²) in [5.74, 6) is 0.622. The molecular formula is C19H24N4O4S. The van der Waals surface area contributed by atoms with Crippen molar-refractivity contribution in [3.8, 4) is 0 Å². The van der Waals surface area contributed by atoms with Crippen molar-refractivity contribution in [1.29, 1.82) is 0 Å². The molecule has 2 bridgehead atoms. The summed E-state index contributed by atoms with van der Waals surface area (Å²) in [6.07, 6.45) is 5.15. The van der Waals surface area contributed by atoms with Gasteiger partial charge in [0, 0.05) is 25.2 Å². The van der Waals surface area contributed by atoms with E-state index in [-0.39, 0.29) is 23.7 Å². The van der Waals surface area contributed by atoms with E-state index < -0.39 is 22.8 Å². The standard InChI is InChI=1S/C19H24N4O4S/c1-19(2,17-20-8-13-14(28(3)27)5-4-6-23(13)17)21-16(24)15-11-7-12(15)10-22(9-11)18(25)26/h4-6,8,11-12,15H,7,9-10H2,1-3H3,(H,21,24)(H,25,26)/t11-,12+,15-,28?. The molecule has 2 fully saturated rings. The molecule has 1 unspecified atom stereocenters. The van der Waals surface area contributed by atoms with Crippen LogP contribution < -0.4 is 5.32 Å². The van der Waals surface area contributed by atoms with E-state index in [1.54, 1.807) is 12.5 Å². The lowest BCUT2D eigenvalue weighted by Gasteiger charge is -2.52. The fraction of sp³-hybridized carbons (Fsp3) is 0.526. The Bertz CT molecular complexity index is 929. The molecule has 2 amide bonds. The number of carboxylic acid groups (broad SMARTS) is 1. The first kappa shape index (κ1) is 19.1. The molecule has 1 saturated heterocycles. The van der Waals surface area contributed by atoms with E-state index in [0.29, 0.717) is 23.8 Å². The minimum Gasteiger partial charge on any atom is -0.612 e. The Kier molecular flexibility index (Phi) is 4.54. The van der Waals surface area contributed by atoms with E-state index in [4.69, 9.17) is 5.11 Å². The van der Waals surface area contributed by atoms with Gasteiger partial charge in [0.25, 0.3) is 0 Å². The van der Waals surface area contributed by atoms with Gasteiger partial charge in [-0.1, -0.05) is 0 Å². The van der Waals surface area contributed by atoms with Gasteiger partial charge in [-0.15, -0.1) is 0 Å². The Balaban J connectivity index is 1.54. The van der Waals surface area contributed by atoms with Crippen LogP contribution in [0.3, 0.4) is 0 Å². The molecule has 2 aromatic rings. The molecule has 1 aliphatic carbocycles. The van der Waals surface area contributed by atoms with Gasteiger partial charge in [-0.3, -0.25) is 9.20 Å². The number of likely N-dealkylation sites (tertiary alicyclic amines) is 1. The van der Waals surface area contributed by atoms with Crippen LogP contribution in [0.25, 0.3) is 5.52 Å². The second kappa shape index (κ2) is 6.66. The lowest BCUT2D eigenvalue weighted by Crippen LogP contribution is -2.62. The Morgan fingerprint density at radius 1 is 1.36 bits per heavy atom. The van der Waals surface area contributed by atoms with Crippen molar-refractivity contribution in [1.82, 2.24) is 19.6 Å². The van der Waals surface area contributed by atoms with Crippen LogP contribution in [0.15, 0.2) is 29.4 Å². The van der Waals surface area contributed by atoms with Crippen molar-refractivity contribution in [3.05, 3.63) is 30.4 Å². The molecule has 2 aromatic heterocycles. The van der Waals surface area contributed by atoms with Crippen molar-refractivity contribution < 1.29 is 19.2 Å². The Hall–Kier alpha value is -2.26. The molecule has 1 aliphatic heterocycles. The third kappa shape index (κ3) is 3.02. The summed E-state index contributed by atoms with van der Waals surface area (Å²) in [7, 11) is 0. The fourth-order valence-corrected chi connectivity index (χ4v) is 5.34. The molecule has 2 aliphatic rings. The number of amides is 2. The maximum atomic E-state index is 13.0. The Morgan fingerprint density at radius 3 is 2.64 bits per heavy atom. The summed E-state index contributed by atoms with van der Waals surface area (Å²) < 4.78 is 13.8. The number of fused-ring (bicyclic) bond motifs is 3. The molecule has 4 atom stereocenters. The lowest BCUT2D eigenvalue weighted by atomic mass is 9.61. The second-order valence-electron chi connectivity index (χ2n) is 8.25. The molecule has 1 saturated carbocycles. The zero-order valence-electron chi connectivity index (χ0n) is 16.1. The van der Waals surface area contributed by atoms with Crippen LogP contribution in [0.1, 0.15) is 26.1 Å². The predicted octanol–water partition coefficient (Wildman–Crippen LogP) is 1.67. The highest BCUT2D eigenvalue weighted by molar-refractivity contribution is 7.90. The lowest BCUT2D eigenvalue weighted by molar-refractivity contribution is -0.142. The number of rotatable bonds is 4. The molecule has 2 N–H and O–H groups in total. The number of imidazole rings is 1. The highest BCUT2D eigenvalue weighted by Gasteiger charge is 2.52. The molecule has 3 heterocycles. The average Bonchev–Trinajstić information content (AvgIpc) is 3.05. The quantitative estimate of drug-likeness (QED) is 0.753. The number of hydrogen-bond acceptors (Lipinski definition) is 4. The first-order valence-electron chi connectivity index (χ1n) is 9.29. The van der Waals surface area contributed by atoms with E-state index in [1.165, 1.54) is 4.90 Å². The molecular weight excluding hydrogens is 380 g/mol. The van der Waals surface area contributed by atoms with Crippen LogP contribution in [0.2, 0.25) is 0 Å². The number of aromatic nitrogens is 2. The van der Waals surface area contributed by atoms with Gasteiger partial charge >= 0.3 is 6.09 Å². The van der Waals surface area contributed by atoms with Crippen molar-refractivity contribution >= 4 is 28.7 Å². The van der Waals surface area contributed by atoms with Gasteiger partial charge in [-0.25, -0.2) is 9.78 Å². The Morgan fingerprint density at radius 2 is 2.04 bits per heavy atom.